The minimum Gasteiger partial charge on any atom is -0.780 e. The number of hydrogen-bond acceptors (Lipinski definition) is 2. The van der Waals surface area contributed by atoms with Crippen molar-refractivity contribution in [2.24, 2.45) is 0 Å². The molecule has 0 saturated heterocycles. The Bertz CT molecular complexity index is 719. The summed E-state index contributed by atoms with van der Waals surface area (Å²) in [6.45, 7) is 0. The van der Waals surface area contributed by atoms with Crippen LogP contribution in [0.3, 0.4) is 0 Å². The Hall–Kier alpha value is -1.20. The molecule has 4 fully saturated rings. The van der Waals surface area contributed by atoms with E-state index in [1.165, 1.54) is 128 Å². The second-order valence-corrected chi connectivity index (χ2v) is 13.5. The summed E-state index contributed by atoms with van der Waals surface area (Å²) in [5.74, 6) is 0. The molecule has 0 aliphatic heterocycles. The summed E-state index contributed by atoms with van der Waals surface area (Å²) in [5, 5.41) is 5.44. The van der Waals surface area contributed by atoms with E-state index in [2.05, 4.69) is 10.6 Å². The van der Waals surface area contributed by atoms with Gasteiger partial charge in [0.15, 0.2) is 0 Å². The van der Waals surface area contributed by atoms with E-state index in [9.17, 15) is 0 Å². The van der Waals surface area contributed by atoms with Crippen molar-refractivity contribution in [3.8, 4) is 0 Å². The molecule has 0 amide bonds. The zero-order valence-corrected chi connectivity index (χ0v) is 26.8. The summed E-state index contributed by atoms with van der Waals surface area (Å²) in [6.07, 6.45) is 29.9. The molecule has 0 heterocycles. The fourth-order valence-electron chi connectivity index (χ4n) is 6.92. The molecule has 224 valence electrons. The van der Waals surface area contributed by atoms with E-state index in [0.29, 0.717) is 0 Å². The van der Waals surface area contributed by atoms with E-state index in [0.717, 1.165) is 34.0 Å². The summed E-state index contributed by atoms with van der Waals surface area (Å²) < 4.78 is 0. The van der Waals surface area contributed by atoms with Gasteiger partial charge in [0.05, 0.1) is 24.2 Å². The van der Waals surface area contributed by atoms with Gasteiger partial charge in [0.2, 0.25) is 0 Å². The van der Waals surface area contributed by atoms with Gasteiger partial charge in [-0.3, -0.25) is 0 Å². The van der Waals surface area contributed by atoms with Crippen LogP contribution in [0.1, 0.15) is 128 Å². The molecule has 0 spiro atoms. The zero-order valence-electron chi connectivity index (χ0n) is 25.2. The second-order valence-electron chi connectivity index (χ2n) is 12.6. The van der Waals surface area contributed by atoms with E-state index >= 15 is 0 Å². The quantitative estimate of drug-likeness (QED) is 0.364. The van der Waals surface area contributed by atoms with Crippen molar-refractivity contribution < 1.29 is 10.6 Å². The molecule has 2 aromatic carbocycles. The maximum atomic E-state index is 4.81. The average molecular weight is 583 g/mol. The maximum absolute atomic E-state index is 4.81. The Morgan fingerprint density at radius 3 is 0.750 bits per heavy atom. The van der Waals surface area contributed by atoms with Crippen LogP contribution in [-0.2, 0) is 25.3 Å². The third kappa shape index (κ3) is 15.7. The van der Waals surface area contributed by atoms with Crippen molar-refractivity contribution in [1.29, 1.82) is 0 Å². The lowest BCUT2D eigenvalue weighted by atomic mass is 9.91. The van der Waals surface area contributed by atoms with Gasteiger partial charge in [-0.2, -0.15) is 9.79 Å². The van der Waals surface area contributed by atoms with E-state index in [4.69, 9.17) is 25.3 Å². The van der Waals surface area contributed by atoms with Crippen molar-refractivity contribution >= 4 is 25.3 Å². The van der Waals surface area contributed by atoms with Crippen molar-refractivity contribution in [2.45, 2.75) is 162 Å². The molecule has 6 rings (SSSR count). The van der Waals surface area contributed by atoms with E-state index in [-0.39, 0.29) is 0 Å². The van der Waals surface area contributed by atoms with Gasteiger partial charge < -0.3 is 35.9 Å². The molecular formula is C36H58N2S2. The summed E-state index contributed by atoms with van der Waals surface area (Å²) in [5.41, 5.74) is 0. The van der Waals surface area contributed by atoms with Gasteiger partial charge in [0, 0.05) is 0 Å². The van der Waals surface area contributed by atoms with Gasteiger partial charge in [-0.15, -0.1) is 0 Å². The molecule has 4 N–H and O–H groups in total. The average Bonchev–Trinajstić information content (AvgIpc) is 3.01. The second kappa shape index (κ2) is 21.5. The third-order valence-electron chi connectivity index (χ3n) is 9.17. The van der Waals surface area contributed by atoms with Crippen LogP contribution in [0.25, 0.3) is 0 Å². The van der Waals surface area contributed by atoms with Crippen LogP contribution in [0.15, 0.2) is 70.5 Å². The molecule has 0 aromatic heterocycles. The first-order chi connectivity index (χ1) is 19.7. The van der Waals surface area contributed by atoms with Crippen LogP contribution >= 0.6 is 0 Å². The van der Waals surface area contributed by atoms with Crippen molar-refractivity contribution in [1.82, 2.24) is 0 Å². The number of nitrogens with two attached hydrogens (primary N) is 2. The molecule has 4 aliphatic rings. The van der Waals surface area contributed by atoms with Gasteiger partial charge >= 0.3 is 0 Å². The first-order valence-electron chi connectivity index (χ1n) is 16.8. The molecule has 0 unspecified atom stereocenters. The fraction of sp³-hybridized carbons (Fsp3) is 0.667. The lowest BCUT2D eigenvalue weighted by Gasteiger charge is -2.27. The topological polar surface area (TPSA) is 33.2 Å². The normalized spacial score (nSPS) is 21.0. The molecule has 0 bridgehead atoms. The zero-order chi connectivity index (χ0) is 28.1. The van der Waals surface area contributed by atoms with Gasteiger partial charge in [-0.25, -0.2) is 0 Å². The lowest BCUT2D eigenvalue weighted by Crippen LogP contribution is -2.95. The highest BCUT2D eigenvalue weighted by atomic mass is 32.1. The van der Waals surface area contributed by atoms with Gasteiger partial charge in [0.1, 0.15) is 0 Å². The Morgan fingerprint density at radius 2 is 0.575 bits per heavy atom. The van der Waals surface area contributed by atoms with Crippen LogP contribution in [0.2, 0.25) is 0 Å². The summed E-state index contributed by atoms with van der Waals surface area (Å²) in [4.78, 5) is 1.81. The summed E-state index contributed by atoms with van der Waals surface area (Å²) in [6, 6.07) is 23.2. The smallest absolute Gasteiger partial charge is 0.0861 e. The largest absolute Gasteiger partial charge is 0.780 e. The highest BCUT2D eigenvalue weighted by molar-refractivity contribution is 7.59. The minimum absolute atomic E-state index is 0.905. The number of quaternary nitrogens is 2. The number of benzene rings is 2. The molecule has 0 radical (unpaired) electrons. The maximum Gasteiger partial charge on any atom is 0.0861 e. The first-order valence-corrected chi connectivity index (χ1v) is 17.6. The summed E-state index contributed by atoms with van der Waals surface area (Å²) >= 11 is 9.62. The monoisotopic (exact) mass is 582 g/mol. The van der Waals surface area contributed by atoms with E-state index in [1.54, 1.807) is 0 Å². The van der Waals surface area contributed by atoms with Gasteiger partial charge in [-0.1, -0.05) is 86.3 Å². The molecular weight excluding hydrogens is 525 g/mol. The lowest BCUT2D eigenvalue weighted by molar-refractivity contribution is -0.726. The highest BCUT2D eigenvalue weighted by Gasteiger charge is 2.23. The first kappa shape index (κ1) is 33.3. The van der Waals surface area contributed by atoms with E-state index in [1.807, 2.05) is 60.7 Å². The van der Waals surface area contributed by atoms with Gasteiger partial charge in [0.25, 0.3) is 0 Å². The molecule has 40 heavy (non-hydrogen) atoms. The van der Waals surface area contributed by atoms with Gasteiger partial charge in [-0.05, 0) is 103 Å². The predicted octanol–water partition coefficient (Wildman–Crippen LogP) is 7.62. The highest BCUT2D eigenvalue weighted by Crippen LogP contribution is 2.19. The van der Waals surface area contributed by atoms with Crippen LogP contribution in [0.5, 0.6) is 0 Å². The Kier molecular flexibility index (Phi) is 17.9. The molecule has 0 atom stereocenters. The van der Waals surface area contributed by atoms with E-state index < -0.39 is 0 Å². The third-order valence-corrected chi connectivity index (χ3v) is 9.72. The standard InChI is InChI=1S/2C12H23N.2C6H6S/c2*1-3-7-11(8-4-1)13-12-9-5-2-6-10-12;2*7-6-4-2-1-3-5-6/h2*11-13H,1-10H2;2*1-5,7H. The van der Waals surface area contributed by atoms with Crippen molar-refractivity contribution in [2.75, 3.05) is 0 Å². The minimum atomic E-state index is 0.905. The SMILES string of the molecule is C1CCC([NH2+]C2CCCCC2)CC1.C1CCC([NH2+]C2CCCCC2)CC1.[S-]c1ccccc1.[S-]c1ccccc1. The molecule has 4 heteroatoms. The molecule has 2 nitrogen and oxygen atoms in total. The number of hydrogen-bond donors (Lipinski definition) is 2. The summed E-state index contributed by atoms with van der Waals surface area (Å²) in [7, 11) is 0. The predicted molar refractivity (Wildman–Crippen MR) is 175 cm³/mol. The van der Waals surface area contributed by atoms with Crippen LogP contribution < -0.4 is 10.6 Å². The fourth-order valence-corrected chi connectivity index (χ4v) is 7.23. The Balaban J connectivity index is 0.000000153. The Morgan fingerprint density at radius 1 is 0.350 bits per heavy atom. The molecule has 4 aliphatic carbocycles. The molecule has 2 aromatic rings. The van der Waals surface area contributed by atoms with Crippen LogP contribution in [0.4, 0.5) is 0 Å². The van der Waals surface area contributed by atoms with Crippen molar-refractivity contribution in [3.63, 3.8) is 0 Å². The van der Waals surface area contributed by atoms with Crippen molar-refractivity contribution in [3.05, 3.63) is 60.7 Å². The molecule has 4 saturated carbocycles. The van der Waals surface area contributed by atoms with Crippen LogP contribution in [0, 0.1) is 0 Å². The Labute approximate surface area is 258 Å². The van der Waals surface area contributed by atoms with Crippen LogP contribution in [-0.4, -0.2) is 24.2 Å². The number of rotatable bonds is 4.